The maximum atomic E-state index is 5.72. The maximum absolute atomic E-state index is 5.72. The Balaban J connectivity index is 0.00000240. The van der Waals surface area contributed by atoms with Gasteiger partial charge in [-0.1, -0.05) is 12.1 Å². The van der Waals surface area contributed by atoms with Crippen LogP contribution in [-0.2, 0) is 4.74 Å². The molecule has 0 saturated carbocycles. The van der Waals surface area contributed by atoms with Gasteiger partial charge >= 0.3 is 0 Å². The summed E-state index contributed by atoms with van der Waals surface area (Å²) in [7, 11) is 3.26. The van der Waals surface area contributed by atoms with E-state index in [0.29, 0.717) is 11.7 Å². The smallest absolute Gasteiger partial charge is 0.229 e. The Bertz CT molecular complexity index is 964. The van der Waals surface area contributed by atoms with Gasteiger partial charge in [0.1, 0.15) is 17.3 Å². The molecule has 1 aliphatic heterocycles. The van der Waals surface area contributed by atoms with E-state index in [4.69, 9.17) is 19.2 Å². The number of para-hydroxylation sites is 1. The summed E-state index contributed by atoms with van der Waals surface area (Å²) in [5.41, 5.74) is 1.60. The number of fused-ring (bicyclic) bond motifs is 1. The van der Waals surface area contributed by atoms with Gasteiger partial charge in [0.15, 0.2) is 0 Å². The standard InChI is InChI=1S/C21H24N4O3.ClH/c1-26-14-9-10-19(27-2)18(12-14)24-21-23-17-8-4-3-7-16(17)20(25-21)22-13-15-6-5-11-28-15;/h3-4,7-10,12,15H,5-6,11,13H2,1-2H3,(H2,22,23,24,25);1H. The minimum Gasteiger partial charge on any atom is -0.497 e. The van der Waals surface area contributed by atoms with E-state index in [1.807, 2.05) is 42.5 Å². The van der Waals surface area contributed by atoms with Crippen LogP contribution < -0.4 is 20.1 Å². The molecule has 1 fully saturated rings. The predicted octanol–water partition coefficient (Wildman–Crippen LogP) is 4.40. The van der Waals surface area contributed by atoms with Crippen molar-refractivity contribution in [2.75, 3.05) is 38.0 Å². The third kappa shape index (κ3) is 4.81. The van der Waals surface area contributed by atoms with Crippen LogP contribution in [0.4, 0.5) is 17.5 Å². The van der Waals surface area contributed by atoms with E-state index in [9.17, 15) is 0 Å². The van der Waals surface area contributed by atoms with Crippen molar-refractivity contribution in [2.45, 2.75) is 18.9 Å². The predicted molar refractivity (Wildman–Crippen MR) is 117 cm³/mol. The first-order valence-electron chi connectivity index (χ1n) is 9.38. The molecule has 1 saturated heterocycles. The number of hydrogen-bond acceptors (Lipinski definition) is 7. The van der Waals surface area contributed by atoms with E-state index in [-0.39, 0.29) is 18.5 Å². The Labute approximate surface area is 176 Å². The van der Waals surface area contributed by atoms with Gasteiger partial charge < -0.3 is 24.8 Å². The second-order valence-electron chi connectivity index (χ2n) is 6.62. The van der Waals surface area contributed by atoms with Crippen LogP contribution in [0.2, 0.25) is 0 Å². The molecule has 1 atom stereocenters. The van der Waals surface area contributed by atoms with Crippen molar-refractivity contribution in [1.29, 1.82) is 0 Å². The van der Waals surface area contributed by atoms with Crippen LogP contribution in [-0.4, -0.2) is 43.4 Å². The summed E-state index contributed by atoms with van der Waals surface area (Å²) < 4.78 is 16.5. The van der Waals surface area contributed by atoms with Gasteiger partial charge in [0.25, 0.3) is 0 Å². The summed E-state index contributed by atoms with van der Waals surface area (Å²) in [4.78, 5) is 9.35. The molecule has 3 aromatic rings. The van der Waals surface area contributed by atoms with E-state index in [1.165, 1.54) is 0 Å². The number of anilines is 3. The van der Waals surface area contributed by atoms with Crippen molar-refractivity contribution in [1.82, 2.24) is 9.97 Å². The van der Waals surface area contributed by atoms with E-state index in [1.54, 1.807) is 14.2 Å². The van der Waals surface area contributed by atoms with Crippen molar-refractivity contribution in [3.8, 4) is 11.5 Å². The molecule has 1 aliphatic rings. The van der Waals surface area contributed by atoms with Crippen LogP contribution in [0.5, 0.6) is 11.5 Å². The molecule has 7 nitrogen and oxygen atoms in total. The van der Waals surface area contributed by atoms with Crippen molar-refractivity contribution >= 4 is 40.8 Å². The molecule has 0 amide bonds. The van der Waals surface area contributed by atoms with E-state index < -0.39 is 0 Å². The van der Waals surface area contributed by atoms with Gasteiger partial charge in [-0.2, -0.15) is 4.98 Å². The highest BCUT2D eigenvalue weighted by Gasteiger charge is 2.17. The summed E-state index contributed by atoms with van der Waals surface area (Å²) in [5.74, 6) is 2.68. The number of aromatic nitrogens is 2. The average molecular weight is 417 g/mol. The molecule has 4 rings (SSSR count). The maximum Gasteiger partial charge on any atom is 0.229 e. The number of nitrogens with zero attached hydrogens (tertiary/aromatic N) is 2. The monoisotopic (exact) mass is 416 g/mol. The van der Waals surface area contributed by atoms with Crippen LogP contribution in [0.1, 0.15) is 12.8 Å². The third-order valence-corrected chi connectivity index (χ3v) is 4.78. The Morgan fingerprint density at radius 1 is 1.10 bits per heavy atom. The highest BCUT2D eigenvalue weighted by molar-refractivity contribution is 5.90. The normalized spacial score (nSPS) is 15.6. The molecule has 0 aliphatic carbocycles. The first-order valence-corrected chi connectivity index (χ1v) is 9.38. The fourth-order valence-electron chi connectivity index (χ4n) is 3.32. The number of nitrogens with one attached hydrogen (secondary N) is 2. The molecule has 1 aromatic heterocycles. The molecule has 2 N–H and O–H groups in total. The number of hydrogen-bond donors (Lipinski definition) is 2. The lowest BCUT2D eigenvalue weighted by Crippen LogP contribution is -2.19. The van der Waals surface area contributed by atoms with Crippen LogP contribution in [0.3, 0.4) is 0 Å². The number of halogens is 1. The van der Waals surface area contributed by atoms with Gasteiger partial charge in [-0.25, -0.2) is 4.98 Å². The summed E-state index contributed by atoms with van der Waals surface area (Å²) in [6, 6.07) is 13.5. The molecule has 8 heteroatoms. The van der Waals surface area contributed by atoms with Crippen molar-refractivity contribution in [2.24, 2.45) is 0 Å². The fourth-order valence-corrected chi connectivity index (χ4v) is 3.32. The minimum atomic E-state index is 0. The summed E-state index contributed by atoms with van der Waals surface area (Å²) in [5, 5.41) is 7.67. The number of benzene rings is 2. The number of methoxy groups -OCH3 is 2. The molecule has 29 heavy (non-hydrogen) atoms. The molecule has 0 radical (unpaired) electrons. The molecule has 154 valence electrons. The Morgan fingerprint density at radius 2 is 1.97 bits per heavy atom. The van der Waals surface area contributed by atoms with Gasteiger partial charge in [0.05, 0.1) is 31.5 Å². The quantitative estimate of drug-likeness (QED) is 0.590. The van der Waals surface area contributed by atoms with Gasteiger partial charge in [-0.05, 0) is 37.1 Å². The number of rotatable bonds is 7. The minimum absolute atomic E-state index is 0. The Hall–Kier alpha value is -2.77. The van der Waals surface area contributed by atoms with Gasteiger partial charge in [-0.3, -0.25) is 0 Å². The molecular weight excluding hydrogens is 392 g/mol. The van der Waals surface area contributed by atoms with Crippen molar-refractivity contribution in [3.63, 3.8) is 0 Å². The average Bonchev–Trinajstić information content (AvgIpc) is 3.25. The second kappa shape index (κ2) is 9.62. The topological polar surface area (TPSA) is 77.5 Å². The van der Waals surface area contributed by atoms with Gasteiger partial charge in [-0.15, -0.1) is 12.4 Å². The van der Waals surface area contributed by atoms with Crippen molar-refractivity contribution in [3.05, 3.63) is 42.5 Å². The molecule has 2 heterocycles. The van der Waals surface area contributed by atoms with Crippen LogP contribution in [0, 0.1) is 0 Å². The Morgan fingerprint density at radius 3 is 2.72 bits per heavy atom. The van der Waals surface area contributed by atoms with E-state index in [0.717, 1.165) is 54.2 Å². The van der Waals surface area contributed by atoms with E-state index >= 15 is 0 Å². The molecule has 1 unspecified atom stereocenters. The number of ether oxygens (including phenoxy) is 3. The molecule has 0 bridgehead atoms. The van der Waals surface area contributed by atoms with Crippen LogP contribution >= 0.6 is 12.4 Å². The third-order valence-electron chi connectivity index (χ3n) is 4.78. The van der Waals surface area contributed by atoms with E-state index in [2.05, 4.69) is 15.6 Å². The lowest BCUT2D eigenvalue weighted by atomic mass is 10.2. The van der Waals surface area contributed by atoms with Crippen LogP contribution in [0.25, 0.3) is 10.9 Å². The summed E-state index contributed by atoms with van der Waals surface area (Å²) >= 11 is 0. The molecule has 0 spiro atoms. The van der Waals surface area contributed by atoms with Crippen molar-refractivity contribution < 1.29 is 14.2 Å². The lowest BCUT2D eigenvalue weighted by molar-refractivity contribution is 0.120. The largest absolute Gasteiger partial charge is 0.497 e. The van der Waals surface area contributed by atoms with Gasteiger partial charge in [0, 0.05) is 24.6 Å². The van der Waals surface area contributed by atoms with Gasteiger partial charge in [0.2, 0.25) is 5.95 Å². The fraction of sp³-hybridized carbons (Fsp3) is 0.333. The zero-order valence-corrected chi connectivity index (χ0v) is 17.3. The SMILES string of the molecule is COc1ccc(OC)c(Nc2nc(NCC3CCCO3)c3ccccc3n2)c1.Cl. The summed E-state index contributed by atoms with van der Waals surface area (Å²) in [6.07, 6.45) is 2.41. The molecular formula is C21H25ClN4O3. The Kier molecular flexibility index (Phi) is 6.95. The highest BCUT2D eigenvalue weighted by atomic mass is 35.5. The summed E-state index contributed by atoms with van der Waals surface area (Å²) in [6.45, 7) is 1.56. The first kappa shape index (κ1) is 21.0. The highest BCUT2D eigenvalue weighted by Crippen LogP contribution is 2.32. The molecule has 2 aromatic carbocycles. The first-order chi connectivity index (χ1) is 13.8. The van der Waals surface area contributed by atoms with Crippen LogP contribution in [0.15, 0.2) is 42.5 Å². The zero-order chi connectivity index (χ0) is 19.3. The lowest BCUT2D eigenvalue weighted by Gasteiger charge is -2.15. The second-order valence-corrected chi connectivity index (χ2v) is 6.62. The zero-order valence-electron chi connectivity index (χ0n) is 16.5.